The summed E-state index contributed by atoms with van der Waals surface area (Å²) in [6, 6.07) is 38.6. The van der Waals surface area contributed by atoms with Gasteiger partial charge >= 0.3 is 0 Å². The first-order valence-corrected chi connectivity index (χ1v) is 13.8. The van der Waals surface area contributed by atoms with Crippen molar-refractivity contribution in [3.05, 3.63) is 144 Å². The average molecular weight is 521 g/mol. The van der Waals surface area contributed by atoms with Gasteiger partial charge in [0.2, 0.25) is 0 Å². The van der Waals surface area contributed by atoms with Gasteiger partial charge in [-0.15, -0.1) is 0 Å². The zero-order valence-corrected chi connectivity index (χ0v) is 23.3. The first kappa shape index (κ1) is 24.3. The Bertz CT molecular complexity index is 1700. The number of hydrogen-bond acceptors (Lipinski definition) is 2. The van der Waals surface area contributed by atoms with E-state index in [9.17, 15) is 0 Å². The highest BCUT2D eigenvalue weighted by Gasteiger charge is 2.32. The summed E-state index contributed by atoms with van der Waals surface area (Å²) in [4.78, 5) is 10.7. The van der Waals surface area contributed by atoms with Gasteiger partial charge in [-0.2, -0.15) is 0 Å². The molecule has 6 aromatic rings. The lowest BCUT2D eigenvalue weighted by Crippen LogP contribution is -2.20. The molecular formula is C36H32N4. The van der Waals surface area contributed by atoms with Crippen LogP contribution in [0.2, 0.25) is 0 Å². The number of hydrogen-bond donors (Lipinski definition) is 0. The van der Waals surface area contributed by atoms with Gasteiger partial charge in [-0.1, -0.05) is 100 Å². The topological polar surface area (TPSA) is 35.6 Å². The maximum atomic E-state index is 5.33. The van der Waals surface area contributed by atoms with Crippen molar-refractivity contribution in [2.24, 2.45) is 0 Å². The van der Waals surface area contributed by atoms with Gasteiger partial charge in [0, 0.05) is 45.7 Å². The van der Waals surface area contributed by atoms with Crippen molar-refractivity contribution in [2.45, 2.75) is 38.5 Å². The quantitative estimate of drug-likeness (QED) is 0.230. The lowest BCUT2D eigenvalue weighted by molar-refractivity contribution is 0.618. The SMILES string of the molecule is CC1(C)c2cccc(c2)-c2nc(cn2-c2ccccc2)C(C)(C)c2cccc(c2)-c2nc1cn2-c1ccccc1. The van der Waals surface area contributed by atoms with Crippen molar-refractivity contribution >= 4 is 0 Å². The van der Waals surface area contributed by atoms with Gasteiger partial charge in [-0.3, -0.25) is 9.13 Å². The van der Waals surface area contributed by atoms with E-state index in [4.69, 9.17) is 9.97 Å². The van der Waals surface area contributed by atoms with Crippen LogP contribution in [0.3, 0.4) is 0 Å². The predicted octanol–water partition coefficient (Wildman–Crippen LogP) is 8.36. The standard InChI is InChI=1S/C36H32N4/c1-35(2)27-15-11-13-25(21-27)34-38-32(24-40(34)30-19-9-6-10-20-30)36(3,4)28-16-12-14-26(22-28)33-37-31(35)23-39(33)29-17-7-5-8-18-29/h5-24H,1-4H3. The van der Waals surface area contributed by atoms with Crippen LogP contribution in [-0.2, 0) is 10.8 Å². The minimum atomic E-state index is -0.335. The Hall–Kier alpha value is -4.70. The number of para-hydroxylation sites is 2. The van der Waals surface area contributed by atoms with Crippen LogP contribution in [0.4, 0.5) is 0 Å². The van der Waals surface area contributed by atoms with Gasteiger partial charge in [0.15, 0.2) is 0 Å². The monoisotopic (exact) mass is 520 g/mol. The largest absolute Gasteiger partial charge is 0.299 e. The van der Waals surface area contributed by atoms with Crippen molar-refractivity contribution in [1.82, 2.24) is 19.1 Å². The number of fused-ring (bicyclic) bond motifs is 10. The highest BCUT2D eigenvalue weighted by Crippen LogP contribution is 2.40. The van der Waals surface area contributed by atoms with E-state index >= 15 is 0 Å². The van der Waals surface area contributed by atoms with E-state index in [1.165, 1.54) is 11.1 Å². The maximum absolute atomic E-state index is 5.33. The lowest BCUT2D eigenvalue weighted by Gasteiger charge is -2.24. The lowest BCUT2D eigenvalue weighted by atomic mass is 9.80. The van der Waals surface area contributed by atoms with Crippen LogP contribution in [-0.4, -0.2) is 19.1 Å². The Morgan fingerprint density at radius 1 is 0.475 bits per heavy atom. The zero-order chi connectivity index (χ0) is 27.5. The molecule has 0 N–H and O–H groups in total. The van der Waals surface area contributed by atoms with E-state index in [0.29, 0.717) is 0 Å². The second-order valence-corrected chi connectivity index (χ2v) is 11.7. The van der Waals surface area contributed by atoms with Crippen LogP contribution in [0.25, 0.3) is 34.2 Å². The summed E-state index contributed by atoms with van der Waals surface area (Å²) < 4.78 is 4.46. The average Bonchev–Trinajstić information content (AvgIpc) is 3.65. The molecule has 0 spiro atoms. The third kappa shape index (κ3) is 3.83. The third-order valence-electron chi connectivity index (χ3n) is 8.45. The number of imidazole rings is 2. The van der Waals surface area contributed by atoms with E-state index < -0.39 is 0 Å². The molecule has 4 aromatic carbocycles. The summed E-state index contributed by atoms with van der Waals surface area (Å²) in [5, 5.41) is 0. The van der Waals surface area contributed by atoms with Crippen LogP contribution in [0, 0.1) is 0 Å². The molecule has 3 heterocycles. The molecule has 4 heteroatoms. The molecule has 0 atom stereocenters. The minimum Gasteiger partial charge on any atom is -0.299 e. The summed E-state index contributed by atoms with van der Waals surface area (Å²) in [5.41, 5.74) is 8.15. The van der Waals surface area contributed by atoms with E-state index in [0.717, 1.165) is 45.5 Å². The fourth-order valence-corrected chi connectivity index (χ4v) is 5.73. The van der Waals surface area contributed by atoms with Gasteiger partial charge in [0.25, 0.3) is 0 Å². The normalized spacial score (nSPS) is 14.9. The Kier molecular flexibility index (Phi) is 5.43. The Labute approximate surface area is 235 Å². The van der Waals surface area contributed by atoms with Crippen molar-refractivity contribution in [2.75, 3.05) is 0 Å². The molecule has 1 aliphatic rings. The summed E-state index contributed by atoms with van der Waals surface area (Å²) >= 11 is 0. The van der Waals surface area contributed by atoms with Crippen LogP contribution in [0.1, 0.15) is 50.2 Å². The molecule has 0 aliphatic carbocycles. The Morgan fingerprint density at radius 2 is 0.875 bits per heavy atom. The molecule has 0 saturated carbocycles. The summed E-state index contributed by atoms with van der Waals surface area (Å²) in [6.07, 6.45) is 4.41. The zero-order valence-electron chi connectivity index (χ0n) is 23.3. The fraction of sp³-hybridized carbons (Fsp3) is 0.167. The molecule has 4 nitrogen and oxygen atoms in total. The van der Waals surface area contributed by atoms with Crippen LogP contribution in [0.15, 0.2) is 122 Å². The van der Waals surface area contributed by atoms with E-state index in [2.05, 4.69) is 158 Å². The fourth-order valence-electron chi connectivity index (χ4n) is 5.73. The van der Waals surface area contributed by atoms with Crippen LogP contribution in [0.5, 0.6) is 0 Å². The minimum absolute atomic E-state index is 0.335. The molecule has 196 valence electrons. The van der Waals surface area contributed by atoms with E-state index in [1.54, 1.807) is 0 Å². The highest BCUT2D eigenvalue weighted by atomic mass is 15.1. The number of benzene rings is 4. The number of rotatable bonds is 2. The molecule has 7 rings (SSSR count). The molecular weight excluding hydrogens is 488 g/mol. The van der Waals surface area contributed by atoms with Gasteiger partial charge < -0.3 is 0 Å². The molecule has 40 heavy (non-hydrogen) atoms. The molecule has 0 amide bonds. The molecule has 8 bridgehead atoms. The van der Waals surface area contributed by atoms with Gasteiger partial charge in [0.05, 0.1) is 11.4 Å². The first-order valence-electron chi connectivity index (χ1n) is 13.8. The summed E-state index contributed by atoms with van der Waals surface area (Å²) in [6.45, 7) is 9.03. The Morgan fingerprint density at radius 3 is 1.27 bits per heavy atom. The molecule has 0 unspecified atom stereocenters. The molecule has 2 aromatic heterocycles. The molecule has 1 aliphatic heterocycles. The van der Waals surface area contributed by atoms with Crippen molar-refractivity contribution < 1.29 is 0 Å². The van der Waals surface area contributed by atoms with E-state index in [1.807, 2.05) is 0 Å². The number of nitrogens with zero attached hydrogens (tertiary/aromatic N) is 4. The second kappa shape index (κ2) is 8.92. The summed E-state index contributed by atoms with van der Waals surface area (Å²) in [5.74, 6) is 1.88. The molecule has 0 fully saturated rings. The molecule has 0 saturated heterocycles. The summed E-state index contributed by atoms with van der Waals surface area (Å²) in [7, 11) is 0. The third-order valence-corrected chi connectivity index (χ3v) is 8.45. The van der Waals surface area contributed by atoms with Gasteiger partial charge in [-0.05, 0) is 47.5 Å². The maximum Gasteiger partial charge on any atom is 0.144 e. The van der Waals surface area contributed by atoms with Crippen molar-refractivity contribution in [3.8, 4) is 34.2 Å². The smallest absolute Gasteiger partial charge is 0.144 e. The molecule has 0 radical (unpaired) electrons. The Balaban J connectivity index is 1.54. The first-order chi connectivity index (χ1) is 19.3. The predicted molar refractivity (Wildman–Crippen MR) is 162 cm³/mol. The van der Waals surface area contributed by atoms with Gasteiger partial charge in [0.1, 0.15) is 11.6 Å². The van der Waals surface area contributed by atoms with Gasteiger partial charge in [-0.25, -0.2) is 9.97 Å². The van der Waals surface area contributed by atoms with Crippen molar-refractivity contribution in [3.63, 3.8) is 0 Å². The van der Waals surface area contributed by atoms with E-state index in [-0.39, 0.29) is 10.8 Å². The van der Waals surface area contributed by atoms with Crippen molar-refractivity contribution in [1.29, 1.82) is 0 Å². The van der Waals surface area contributed by atoms with Crippen LogP contribution >= 0.6 is 0 Å². The number of aromatic nitrogens is 4. The van der Waals surface area contributed by atoms with Crippen LogP contribution < -0.4 is 0 Å². The second-order valence-electron chi connectivity index (χ2n) is 11.7. The highest BCUT2D eigenvalue weighted by molar-refractivity contribution is 5.65.